The van der Waals surface area contributed by atoms with Crippen molar-refractivity contribution in [3.05, 3.63) is 24.5 Å². The summed E-state index contributed by atoms with van der Waals surface area (Å²) in [6, 6.07) is 3.87. The van der Waals surface area contributed by atoms with Crippen molar-refractivity contribution >= 4 is 17.0 Å². The third-order valence-electron chi connectivity index (χ3n) is 3.72. The molecule has 0 bridgehead atoms. The van der Waals surface area contributed by atoms with Crippen molar-refractivity contribution in [3.8, 4) is 0 Å². The van der Waals surface area contributed by atoms with Crippen LogP contribution in [0.5, 0.6) is 0 Å². The van der Waals surface area contributed by atoms with E-state index in [-0.39, 0.29) is 6.10 Å². The fourth-order valence-corrected chi connectivity index (χ4v) is 2.55. The van der Waals surface area contributed by atoms with Crippen LogP contribution in [0, 0.1) is 5.92 Å². The van der Waals surface area contributed by atoms with Crippen molar-refractivity contribution in [2.24, 2.45) is 5.92 Å². The summed E-state index contributed by atoms with van der Waals surface area (Å²) in [6.07, 6.45) is 7.24. The quantitative estimate of drug-likeness (QED) is 0.881. The predicted octanol–water partition coefficient (Wildman–Crippen LogP) is 1.99. The van der Waals surface area contributed by atoms with Gasteiger partial charge in [-0.15, -0.1) is 0 Å². The van der Waals surface area contributed by atoms with Gasteiger partial charge in [-0.05, 0) is 43.7 Å². The van der Waals surface area contributed by atoms with Crippen molar-refractivity contribution in [3.63, 3.8) is 0 Å². The highest BCUT2D eigenvalue weighted by Gasteiger charge is 2.19. The molecule has 0 radical (unpaired) electrons. The van der Waals surface area contributed by atoms with E-state index in [0.717, 1.165) is 43.6 Å². The van der Waals surface area contributed by atoms with Gasteiger partial charge in [0.1, 0.15) is 11.3 Å². The van der Waals surface area contributed by atoms with Crippen LogP contribution < -0.4 is 5.32 Å². The molecule has 2 aromatic heterocycles. The van der Waals surface area contributed by atoms with Crippen molar-refractivity contribution < 1.29 is 5.11 Å². The predicted molar refractivity (Wildman–Crippen MR) is 73.8 cm³/mol. The number of nitrogens with one attached hydrogen (secondary N) is 1. The SMILES string of the molecule is OC1CCC(CNc2ccc3nccnc3n2)CC1. The van der Waals surface area contributed by atoms with Crippen LogP contribution in [0.25, 0.3) is 11.2 Å². The van der Waals surface area contributed by atoms with Gasteiger partial charge in [0.2, 0.25) is 0 Å². The minimum absolute atomic E-state index is 0.0923. The molecule has 0 saturated heterocycles. The van der Waals surface area contributed by atoms with E-state index in [1.165, 1.54) is 0 Å². The van der Waals surface area contributed by atoms with Crippen LogP contribution in [0.1, 0.15) is 25.7 Å². The van der Waals surface area contributed by atoms with E-state index in [1.807, 2.05) is 12.1 Å². The first-order chi connectivity index (χ1) is 9.31. The van der Waals surface area contributed by atoms with E-state index in [1.54, 1.807) is 12.4 Å². The number of aliphatic hydroxyl groups excluding tert-OH is 1. The Bertz CT molecular complexity index is 552. The molecule has 2 heterocycles. The molecule has 0 atom stereocenters. The van der Waals surface area contributed by atoms with E-state index in [9.17, 15) is 5.11 Å². The Morgan fingerprint density at radius 3 is 2.74 bits per heavy atom. The van der Waals surface area contributed by atoms with E-state index in [4.69, 9.17) is 0 Å². The first-order valence-corrected chi connectivity index (χ1v) is 6.81. The Hall–Kier alpha value is -1.75. The lowest BCUT2D eigenvalue weighted by Crippen LogP contribution is -2.23. The molecule has 2 aromatic rings. The molecule has 3 rings (SSSR count). The van der Waals surface area contributed by atoms with Crippen LogP contribution in [0.4, 0.5) is 5.82 Å². The zero-order valence-corrected chi connectivity index (χ0v) is 10.8. The zero-order chi connectivity index (χ0) is 13.1. The number of anilines is 1. The molecular formula is C14H18N4O. The van der Waals surface area contributed by atoms with Gasteiger partial charge in [0.15, 0.2) is 5.65 Å². The zero-order valence-electron chi connectivity index (χ0n) is 10.8. The fraction of sp³-hybridized carbons (Fsp3) is 0.500. The summed E-state index contributed by atoms with van der Waals surface area (Å²) in [6.45, 7) is 0.908. The van der Waals surface area contributed by atoms with Crippen molar-refractivity contribution in [2.75, 3.05) is 11.9 Å². The molecule has 0 aromatic carbocycles. The molecule has 5 heteroatoms. The summed E-state index contributed by atoms with van der Waals surface area (Å²) >= 11 is 0. The molecular weight excluding hydrogens is 240 g/mol. The second-order valence-corrected chi connectivity index (χ2v) is 5.15. The van der Waals surface area contributed by atoms with Crippen LogP contribution in [-0.4, -0.2) is 32.7 Å². The van der Waals surface area contributed by atoms with E-state index >= 15 is 0 Å². The van der Waals surface area contributed by atoms with Gasteiger partial charge in [-0.2, -0.15) is 0 Å². The van der Waals surface area contributed by atoms with Crippen LogP contribution in [0.15, 0.2) is 24.5 Å². The summed E-state index contributed by atoms with van der Waals surface area (Å²) in [7, 11) is 0. The Kier molecular flexibility index (Phi) is 3.55. The highest BCUT2D eigenvalue weighted by Crippen LogP contribution is 2.24. The minimum atomic E-state index is -0.0923. The number of pyridine rings is 1. The number of hydrogen-bond acceptors (Lipinski definition) is 5. The smallest absolute Gasteiger partial charge is 0.180 e. The van der Waals surface area contributed by atoms with Gasteiger partial charge < -0.3 is 10.4 Å². The molecule has 1 saturated carbocycles. The summed E-state index contributed by atoms with van der Waals surface area (Å²) in [5.74, 6) is 1.47. The fourth-order valence-electron chi connectivity index (χ4n) is 2.55. The Labute approximate surface area is 112 Å². The maximum atomic E-state index is 9.48. The van der Waals surface area contributed by atoms with E-state index < -0.39 is 0 Å². The maximum absolute atomic E-state index is 9.48. The third-order valence-corrected chi connectivity index (χ3v) is 3.72. The standard InChI is InChI=1S/C14H18N4O/c19-11-3-1-10(2-4-11)9-17-13-6-5-12-14(18-13)16-8-7-15-12/h5-8,10-11,19H,1-4,9H2,(H,16,17,18). The van der Waals surface area contributed by atoms with Gasteiger partial charge in [-0.1, -0.05) is 0 Å². The normalized spacial score (nSPS) is 23.4. The monoisotopic (exact) mass is 258 g/mol. The summed E-state index contributed by atoms with van der Waals surface area (Å²) in [4.78, 5) is 12.8. The highest BCUT2D eigenvalue weighted by atomic mass is 16.3. The molecule has 0 spiro atoms. The molecule has 100 valence electrons. The molecule has 5 nitrogen and oxygen atoms in total. The van der Waals surface area contributed by atoms with Gasteiger partial charge >= 0.3 is 0 Å². The lowest BCUT2D eigenvalue weighted by molar-refractivity contribution is 0.111. The second-order valence-electron chi connectivity index (χ2n) is 5.15. The molecule has 1 aliphatic carbocycles. The third kappa shape index (κ3) is 2.98. The number of fused-ring (bicyclic) bond motifs is 1. The van der Waals surface area contributed by atoms with Crippen LogP contribution >= 0.6 is 0 Å². The molecule has 0 aliphatic heterocycles. The average Bonchev–Trinajstić information content (AvgIpc) is 2.46. The van der Waals surface area contributed by atoms with Crippen LogP contribution in [-0.2, 0) is 0 Å². The Morgan fingerprint density at radius 2 is 1.89 bits per heavy atom. The highest BCUT2D eigenvalue weighted by molar-refractivity contribution is 5.71. The van der Waals surface area contributed by atoms with Crippen LogP contribution in [0.3, 0.4) is 0 Å². The maximum Gasteiger partial charge on any atom is 0.180 e. The molecule has 1 fully saturated rings. The summed E-state index contributed by atoms with van der Waals surface area (Å²) in [5, 5.41) is 12.8. The molecule has 19 heavy (non-hydrogen) atoms. The summed E-state index contributed by atoms with van der Waals surface area (Å²) in [5.41, 5.74) is 1.49. The van der Waals surface area contributed by atoms with Gasteiger partial charge in [0, 0.05) is 18.9 Å². The molecule has 0 unspecified atom stereocenters. The van der Waals surface area contributed by atoms with Gasteiger partial charge in [-0.3, -0.25) is 4.98 Å². The van der Waals surface area contributed by atoms with Crippen molar-refractivity contribution in [1.82, 2.24) is 15.0 Å². The van der Waals surface area contributed by atoms with Gasteiger partial charge in [-0.25, -0.2) is 9.97 Å². The summed E-state index contributed by atoms with van der Waals surface area (Å²) < 4.78 is 0. The molecule has 2 N–H and O–H groups in total. The lowest BCUT2D eigenvalue weighted by Gasteiger charge is -2.25. The Morgan fingerprint density at radius 1 is 1.11 bits per heavy atom. The van der Waals surface area contributed by atoms with Crippen molar-refractivity contribution in [2.45, 2.75) is 31.8 Å². The largest absolute Gasteiger partial charge is 0.393 e. The van der Waals surface area contributed by atoms with Crippen LogP contribution in [0.2, 0.25) is 0 Å². The van der Waals surface area contributed by atoms with E-state index in [0.29, 0.717) is 11.6 Å². The van der Waals surface area contributed by atoms with Gasteiger partial charge in [0.25, 0.3) is 0 Å². The number of rotatable bonds is 3. The minimum Gasteiger partial charge on any atom is -0.393 e. The average molecular weight is 258 g/mol. The topological polar surface area (TPSA) is 70.9 Å². The molecule has 1 aliphatic rings. The number of nitrogens with zero attached hydrogens (tertiary/aromatic N) is 3. The van der Waals surface area contributed by atoms with E-state index in [2.05, 4.69) is 20.3 Å². The second kappa shape index (κ2) is 5.48. The first kappa shape index (κ1) is 12.3. The van der Waals surface area contributed by atoms with Crippen molar-refractivity contribution in [1.29, 1.82) is 0 Å². The lowest BCUT2D eigenvalue weighted by atomic mass is 9.87. The van der Waals surface area contributed by atoms with Gasteiger partial charge in [0.05, 0.1) is 6.10 Å². The molecule has 0 amide bonds. The number of aromatic nitrogens is 3. The first-order valence-electron chi connectivity index (χ1n) is 6.81. The number of aliphatic hydroxyl groups is 1. The number of hydrogen-bond donors (Lipinski definition) is 2. The Balaban J connectivity index is 1.62.